The fraction of sp³-hybridized carbons (Fsp3) is 0.250. The molecule has 2 N–H and O–H groups in total. The number of rotatable bonds is 6. The molecule has 106 valence electrons. The second kappa shape index (κ2) is 7.17. The highest BCUT2D eigenvalue weighted by Crippen LogP contribution is 2.21. The maximum atomic E-state index is 5.89. The van der Waals surface area contributed by atoms with Gasteiger partial charge in [-0.1, -0.05) is 23.7 Å². The van der Waals surface area contributed by atoms with Crippen LogP contribution in [0.2, 0.25) is 5.02 Å². The Bertz CT molecular complexity index is 555. The molecule has 0 aromatic heterocycles. The number of ether oxygens (including phenoxy) is 2. The Labute approximate surface area is 124 Å². The largest absolute Gasteiger partial charge is 0.490 e. The van der Waals surface area contributed by atoms with Gasteiger partial charge in [0.1, 0.15) is 24.7 Å². The summed E-state index contributed by atoms with van der Waals surface area (Å²) < 4.78 is 11.3. The molecule has 0 bridgehead atoms. The van der Waals surface area contributed by atoms with Crippen LogP contribution in [0.15, 0.2) is 42.5 Å². The lowest BCUT2D eigenvalue weighted by Gasteiger charge is -2.10. The minimum Gasteiger partial charge on any atom is -0.490 e. The Balaban J connectivity index is 1.78. The van der Waals surface area contributed by atoms with Gasteiger partial charge in [0.25, 0.3) is 0 Å². The quantitative estimate of drug-likeness (QED) is 0.828. The number of aryl methyl sites for hydroxylation is 1. The number of benzene rings is 2. The second-order valence-electron chi connectivity index (χ2n) is 4.45. The van der Waals surface area contributed by atoms with Crippen LogP contribution in [0.4, 0.5) is 0 Å². The van der Waals surface area contributed by atoms with Crippen LogP contribution in [0.25, 0.3) is 0 Å². The maximum Gasteiger partial charge on any atom is 0.122 e. The Morgan fingerprint density at radius 1 is 1.00 bits per heavy atom. The van der Waals surface area contributed by atoms with E-state index in [2.05, 4.69) is 0 Å². The third kappa shape index (κ3) is 4.15. The summed E-state index contributed by atoms with van der Waals surface area (Å²) in [4.78, 5) is 0. The molecule has 0 amide bonds. The molecule has 0 aliphatic carbocycles. The normalized spacial score (nSPS) is 10.3. The van der Waals surface area contributed by atoms with Crippen LogP contribution in [0.5, 0.6) is 11.5 Å². The third-order valence-corrected chi connectivity index (χ3v) is 3.14. The van der Waals surface area contributed by atoms with Crippen molar-refractivity contribution < 1.29 is 9.47 Å². The lowest BCUT2D eigenvalue weighted by molar-refractivity contribution is 0.216. The topological polar surface area (TPSA) is 44.5 Å². The van der Waals surface area contributed by atoms with E-state index in [0.717, 1.165) is 22.6 Å². The molecule has 2 aromatic rings. The first-order valence-corrected chi connectivity index (χ1v) is 6.87. The van der Waals surface area contributed by atoms with E-state index in [0.29, 0.717) is 24.8 Å². The minimum absolute atomic E-state index is 0.487. The molecule has 2 rings (SSSR count). The molecule has 0 heterocycles. The molecule has 4 heteroatoms. The smallest absolute Gasteiger partial charge is 0.122 e. The molecule has 3 nitrogen and oxygen atoms in total. The van der Waals surface area contributed by atoms with Gasteiger partial charge in [0.2, 0.25) is 0 Å². The first-order valence-electron chi connectivity index (χ1n) is 6.50. The van der Waals surface area contributed by atoms with E-state index in [1.54, 1.807) is 0 Å². The summed E-state index contributed by atoms with van der Waals surface area (Å²) in [7, 11) is 0. The molecule has 0 unspecified atom stereocenters. The van der Waals surface area contributed by atoms with E-state index < -0.39 is 0 Å². The van der Waals surface area contributed by atoms with Crippen LogP contribution in [-0.2, 0) is 6.54 Å². The van der Waals surface area contributed by atoms with Crippen molar-refractivity contribution >= 4 is 11.6 Å². The number of nitrogens with two attached hydrogens (primary N) is 1. The highest BCUT2D eigenvalue weighted by molar-refractivity contribution is 6.30. The van der Waals surface area contributed by atoms with Crippen molar-refractivity contribution in [3.63, 3.8) is 0 Å². The molecule has 0 saturated carbocycles. The third-order valence-electron chi connectivity index (χ3n) is 2.91. The molecule has 0 radical (unpaired) electrons. The van der Waals surface area contributed by atoms with Gasteiger partial charge in [-0.3, -0.25) is 0 Å². The Morgan fingerprint density at radius 3 is 2.35 bits per heavy atom. The monoisotopic (exact) mass is 291 g/mol. The van der Waals surface area contributed by atoms with E-state index in [-0.39, 0.29) is 0 Å². The van der Waals surface area contributed by atoms with Gasteiger partial charge in [0, 0.05) is 11.6 Å². The standard InChI is InChI=1S/C16H18ClNO2/c1-12-10-14(17)4-7-16(12)20-9-8-19-15-5-2-13(11-18)3-6-15/h2-7,10H,8-9,11,18H2,1H3. The summed E-state index contributed by atoms with van der Waals surface area (Å²) in [5, 5.41) is 0.714. The van der Waals surface area contributed by atoms with Crippen LogP contribution in [-0.4, -0.2) is 13.2 Å². The van der Waals surface area contributed by atoms with Crippen molar-refractivity contribution in [2.75, 3.05) is 13.2 Å². The molecule has 20 heavy (non-hydrogen) atoms. The predicted molar refractivity (Wildman–Crippen MR) is 81.5 cm³/mol. The molecule has 0 saturated heterocycles. The van der Waals surface area contributed by atoms with E-state index >= 15 is 0 Å². The molecule has 0 aliphatic heterocycles. The summed E-state index contributed by atoms with van der Waals surface area (Å²) in [6, 6.07) is 13.3. The lowest BCUT2D eigenvalue weighted by atomic mass is 10.2. The summed E-state index contributed by atoms with van der Waals surface area (Å²) in [5.74, 6) is 1.65. The molecule has 0 spiro atoms. The van der Waals surface area contributed by atoms with E-state index in [1.165, 1.54) is 0 Å². The van der Waals surface area contributed by atoms with Gasteiger partial charge in [-0.2, -0.15) is 0 Å². The van der Waals surface area contributed by atoms with Crippen LogP contribution < -0.4 is 15.2 Å². The zero-order valence-electron chi connectivity index (χ0n) is 11.4. The van der Waals surface area contributed by atoms with Gasteiger partial charge in [0.05, 0.1) is 0 Å². The summed E-state index contributed by atoms with van der Waals surface area (Å²) in [6.45, 7) is 3.48. The summed E-state index contributed by atoms with van der Waals surface area (Å²) in [5.41, 5.74) is 7.65. The Morgan fingerprint density at radius 2 is 1.70 bits per heavy atom. The highest BCUT2D eigenvalue weighted by Gasteiger charge is 2.00. The van der Waals surface area contributed by atoms with Crippen LogP contribution in [0, 0.1) is 6.92 Å². The van der Waals surface area contributed by atoms with E-state index in [9.17, 15) is 0 Å². The summed E-state index contributed by atoms with van der Waals surface area (Å²) in [6.07, 6.45) is 0. The first-order chi connectivity index (χ1) is 9.69. The van der Waals surface area contributed by atoms with Gasteiger partial charge in [-0.15, -0.1) is 0 Å². The van der Waals surface area contributed by atoms with Gasteiger partial charge in [0.15, 0.2) is 0 Å². The van der Waals surface area contributed by atoms with Crippen molar-refractivity contribution in [1.29, 1.82) is 0 Å². The average Bonchev–Trinajstić information content (AvgIpc) is 2.46. The fourth-order valence-corrected chi connectivity index (χ4v) is 2.03. The Hall–Kier alpha value is -1.71. The summed E-state index contributed by atoms with van der Waals surface area (Å²) >= 11 is 5.89. The zero-order chi connectivity index (χ0) is 14.4. The molecule has 0 aliphatic rings. The maximum absolute atomic E-state index is 5.89. The predicted octanol–water partition coefficient (Wildman–Crippen LogP) is 3.56. The molecule has 2 aromatic carbocycles. The number of hydrogen-bond acceptors (Lipinski definition) is 3. The van der Waals surface area contributed by atoms with E-state index in [1.807, 2.05) is 49.4 Å². The Kier molecular flexibility index (Phi) is 5.27. The van der Waals surface area contributed by atoms with Gasteiger partial charge in [-0.05, 0) is 48.4 Å². The second-order valence-corrected chi connectivity index (χ2v) is 4.89. The van der Waals surface area contributed by atoms with Crippen molar-refractivity contribution in [2.45, 2.75) is 13.5 Å². The van der Waals surface area contributed by atoms with Crippen LogP contribution in [0.3, 0.4) is 0 Å². The lowest BCUT2D eigenvalue weighted by Crippen LogP contribution is -2.09. The first kappa shape index (κ1) is 14.7. The van der Waals surface area contributed by atoms with Gasteiger partial charge in [-0.25, -0.2) is 0 Å². The molecular formula is C16H18ClNO2. The number of hydrogen-bond donors (Lipinski definition) is 1. The van der Waals surface area contributed by atoms with Crippen molar-refractivity contribution in [3.05, 3.63) is 58.6 Å². The SMILES string of the molecule is Cc1cc(Cl)ccc1OCCOc1ccc(CN)cc1. The molecule has 0 fully saturated rings. The van der Waals surface area contributed by atoms with Crippen molar-refractivity contribution in [1.82, 2.24) is 0 Å². The minimum atomic E-state index is 0.487. The zero-order valence-corrected chi connectivity index (χ0v) is 12.2. The number of halogens is 1. The van der Waals surface area contributed by atoms with Crippen molar-refractivity contribution in [3.8, 4) is 11.5 Å². The molecular weight excluding hydrogens is 274 g/mol. The highest BCUT2D eigenvalue weighted by atomic mass is 35.5. The van der Waals surface area contributed by atoms with Gasteiger partial charge < -0.3 is 15.2 Å². The van der Waals surface area contributed by atoms with Crippen LogP contribution in [0.1, 0.15) is 11.1 Å². The fourth-order valence-electron chi connectivity index (χ4n) is 1.81. The van der Waals surface area contributed by atoms with Gasteiger partial charge >= 0.3 is 0 Å². The average molecular weight is 292 g/mol. The van der Waals surface area contributed by atoms with Crippen molar-refractivity contribution in [2.24, 2.45) is 5.73 Å². The van der Waals surface area contributed by atoms with Crippen LogP contribution >= 0.6 is 11.6 Å². The van der Waals surface area contributed by atoms with E-state index in [4.69, 9.17) is 26.8 Å². The molecule has 0 atom stereocenters.